The van der Waals surface area contributed by atoms with Crippen LogP contribution in [0.4, 0.5) is 9.93 Å². The zero-order valence-corrected chi connectivity index (χ0v) is 18.7. The molecule has 31 heavy (non-hydrogen) atoms. The third-order valence-electron chi connectivity index (χ3n) is 5.46. The molecular formula is C21H23ClN4O4S. The van der Waals surface area contributed by atoms with E-state index in [9.17, 15) is 14.4 Å². The molecule has 4 rings (SSSR count). The van der Waals surface area contributed by atoms with Crippen LogP contribution in [0, 0.1) is 0 Å². The van der Waals surface area contributed by atoms with Gasteiger partial charge >= 0.3 is 6.09 Å². The van der Waals surface area contributed by atoms with Gasteiger partial charge in [0.25, 0.3) is 5.91 Å². The highest BCUT2D eigenvalue weighted by Gasteiger charge is 2.36. The lowest BCUT2D eigenvalue weighted by molar-refractivity contribution is -0.134. The van der Waals surface area contributed by atoms with E-state index < -0.39 is 0 Å². The molecule has 1 fully saturated rings. The number of hydrogen-bond acceptors (Lipinski definition) is 6. The fourth-order valence-electron chi connectivity index (χ4n) is 3.84. The number of nitrogens with one attached hydrogen (secondary N) is 1. The highest BCUT2D eigenvalue weighted by atomic mass is 35.5. The van der Waals surface area contributed by atoms with Crippen molar-refractivity contribution in [3.05, 3.63) is 45.4 Å². The summed E-state index contributed by atoms with van der Waals surface area (Å²) in [6.07, 6.45) is 1.15. The Balaban J connectivity index is 1.38. The maximum Gasteiger partial charge on any atom is 0.409 e. The summed E-state index contributed by atoms with van der Waals surface area (Å²) < 4.78 is 5.03. The number of carbonyl (C=O) groups is 3. The lowest BCUT2D eigenvalue weighted by Crippen LogP contribution is -2.51. The van der Waals surface area contributed by atoms with Crippen molar-refractivity contribution in [2.24, 2.45) is 0 Å². The summed E-state index contributed by atoms with van der Waals surface area (Å²) in [6.45, 7) is 3.99. The largest absolute Gasteiger partial charge is 0.450 e. The van der Waals surface area contributed by atoms with Crippen molar-refractivity contribution < 1.29 is 19.1 Å². The van der Waals surface area contributed by atoms with Crippen molar-refractivity contribution in [2.45, 2.75) is 25.7 Å². The van der Waals surface area contributed by atoms with Gasteiger partial charge in [-0.05, 0) is 44.0 Å². The molecule has 10 heteroatoms. The van der Waals surface area contributed by atoms with Crippen LogP contribution < -0.4 is 5.32 Å². The Morgan fingerprint density at radius 1 is 1.16 bits per heavy atom. The highest BCUT2D eigenvalue weighted by Crippen LogP contribution is 2.39. The van der Waals surface area contributed by atoms with Gasteiger partial charge in [0.15, 0.2) is 5.13 Å². The van der Waals surface area contributed by atoms with Crippen LogP contribution in [-0.4, -0.2) is 65.5 Å². The molecular weight excluding hydrogens is 440 g/mol. The van der Waals surface area contributed by atoms with Gasteiger partial charge < -0.3 is 14.5 Å². The maximum atomic E-state index is 13.1. The number of amides is 3. The summed E-state index contributed by atoms with van der Waals surface area (Å²) in [5.41, 5.74) is 1.25. The number of rotatable bonds is 4. The number of benzene rings is 1. The lowest BCUT2D eigenvalue weighted by atomic mass is 10.1. The van der Waals surface area contributed by atoms with E-state index in [1.165, 1.54) is 11.3 Å². The predicted octanol–water partition coefficient (Wildman–Crippen LogP) is 3.38. The number of piperazine rings is 1. The third-order valence-corrected chi connectivity index (χ3v) is 6.76. The summed E-state index contributed by atoms with van der Waals surface area (Å²) in [4.78, 5) is 46.4. The molecule has 1 aromatic carbocycles. The average Bonchev–Trinajstić information content (AvgIpc) is 3.34. The van der Waals surface area contributed by atoms with Gasteiger partial charge in [0, 0.05) is 41.6 Å². The van der Waals surface area contributed by atoms with E-state index in [2.05, 4.69) is 10.3 Å². The number of ether oxygens (including phenoxy) is 1. The normalized spacial score (nSPS) is 17.9. The molecule has 164 valence electrons. The van der Waals surface area contributed by atoms with Crippen LogP contribution in [0.15, 0.2) is 24.3 Å². The summed E-state index contributed by atoms with van der Waals surface area (Å²) in [6, 6.07) is 6.63. The Morgan fingerprint density at radius 3 is 2.52 bits per heavy atom. The van der Waals surface area contributed by atoms with Crippen molar-refractivity contribution in [2.75, 3.05) is 38.1 Å². The lowest BCUT2D eigenvalue weighted by Gasteiger charge is -2.35. The van der Waals surface area contributed by atoms with E-state index >= 15 is 0 Å². The summed E-state index contributed by atoms with van der Waals surface area (Å²) >= 11 is 7.29. The molecule has 1 aliphatic heterocycles. The quantitative estimate of drug-likeness (QED) is 0.752. The first-order valence-corrected chi connectivity index (χ1v) is 11.4. The van der Waals surface area contributed by atoms with Gasteiger partial charge in [-0.3, -0.25) is 14.9 Å². The molecule has 1 aliphatic carbocycles. The van der Waals surface area contributed by atoms with Crippen molar-refractivity contribution >= 4 is 46.0 Å². The molecule has 0 bridgehead atoms. The van der Waals surface area contributed by atoms with Gasteiger partial charge in [0.05, 0.1) is 18.2 Å². The zero-order chi connectivity index (χ0) is 22.0. The second kappa shape index (κ2) is 9.23. The zero-order valence-electron chi connectivity index (χ0n) is 17.1. The van der Waals surface area contributed by atoms with E-state index in [1.54, 1.807) is 41.0 Å². The molecule has 1 atom stereocenters. The average molecular weight is 463 g/mol. The van der Waals surface area contributed by atoms with E-state index in [1.807, 2.05) is 0 Å². The number of anilines is 1. The summed E-state index contributed by atoms with van der Waals surface area (Å²) in [7, 11) is 0. The molecule has 1 N–H and O–H groups in total. The molecule has 1 aromatic heterocycles. The fraction of sp³-hybridized carbons (Fsp3) is 0.429. The number of halogens is 1. The molecule has 2 aromatic rings. The van der Waals surface area contributed by atoms with E-state index in [-0.39, 0.29) is 23.8 Å². The van der Waals surface area contributed by atoms with Crippen LogP contribution in [0.1, 0.15) is 40.2 Å². The third kappa shape index (κ3) is 4.67. The number of hydrogen-bond donors (Lipinski definition) is 1. The van der Waals surface area contributed by atoms with E-state index in [4.69, 9.17) is 16.3 Å². The number of carbonyl (C=O) groups excluding carboxylic acids is 3. The van der Waals surface area contributed by atoms with Crippen LogP contribution >= 0.6 is 22.9 Å². The number of aryl methyl sites for hydroxylation is 1. The predicted molar refractivity (Wildman–Crippen MR) is 118 cm³/mol. The molecule has 8 nitrogen and oxygen atoms in total. The van der Waals surface area contributed by atoms with E-state index in [0.29, 0.717) is 48.5 Å². The molecule has 1 saturated heterocycles. The van der Waals surface area contributed by atoms with Crippen molar-refractivity contribution in [1.82, 2.24) is 14.8 Å². The smallest absolute Gasteiger partial charge is 0.409 e. The molecule has 1 unspecified atom stereocenters. The van der Waals surface area contributed by atoms with Gasteiger partial charge in [-0.15, -0.1) is 11.3 Å². The van der Waals surface area contributed by atoms with Crippen LogP contribution in [0.5, 0.6) is 0 Å². The molecule has 2 heterocycles. The Bertz CT molecular complexity index is 986. The maximum absolute atomic E-state index is 13.1. The fourth-order valence-corrected chi connectivity index (χ4v) is 5.00. The van der Waals surface area contributed by atoms with Gasteiger partial charge in [0.1, 0.15) is 0 Å². The summed E-state index contributed by atoms with van der Waals surface area (Å²) in [5, 5.41) is 3.88. The number of nitrogens with zero attached hydrogens (tertiary/aromatic N) is 3. The Kier molecular flexibility index (Phi) is 6.43. The monoisotopic (exact) mass is 462 g/mol. The Morgan fingerprint density at radius 2 is 1.84 bits per heavy atom. The molecule has 2 aliphatic rings. The van der Waals surface area contributed by atoms with Crippen LogP contribution in [0.3, 0.4) is 0 Å². The Hall–Kier alpha value is -2.65. The first-order chi connectivity index (χ1) is 15.0. The number of thiazole rings is 1. The van der Waals surface area contributed by atoms with Crippen LogP contribution in [-0.2, 0) is 16.0 Å². The Labute approximate surface area is 189 Å². The summed E-state index contributed by atoms with van der Waals surface area (Å²) in [5.74, 6) is -0.535. The molecule has 0 saturated carbocycles. The van der Waals surface area contributed by atoms with Gasteiger partial charge in [-0.25, -0.2) is 9.78 Å². The van der Waals surface area contributed by atoms with E-state index in [0.717, 1.165) is 23.4 Å². The van der Waals surface area contributed by atoms with Crippen molar-refractivity contribution in [3.8, 4) is 0 Å². The highest BCUT2D eigenvalue weighted by molar-refractivity contribution is 7.16. The van der Waals surface area contributed by atoms with Gasteiger partial charge in [-0.2, -0.15) is 0 Å². The molecule has 0 radical (unpaired) electrons. The minimum Gasteiger partial charge on any atom is -0.450 e. The second-order valence-electron chi connectivity index (χ2n) is 7.39. The number of aromatic nitrogens is 1. The minimum absolute atomic E-state index is 0.0307. The van der Waals surface area contributed by atoms with Crippen LogP contribution in [0.25, 0.3) is 0 Å². The first kappa shape index (κ1) is 21.6. The minimum atomic E-state index is -0.335. The van der Waals surface area contributed by atoms with Crippen molar-refractivity contribution in [3.63, 3.8) is 0 Å². The van der Waals surface area contributed by atoms with Gasteiger partial charge in [0.2, 0.25) is 5.91 Å². The molecule has 0 spiro atoms. The molecule has 3 amide bonds. The van der Waals surface area contributed by atoms with Crippen molar-refractivity contribution in [1.29, 1.82) is 0 Å². The van der Waals surface area contributed by atoms with Gasteiger partial charge in [-0.1, -0.05) is 11.6 Å². The SMILES string of the molecule is CCOC(=O)N1CCN(C(=O)C2CCc3sc(NC(=O)c4ccc(Cl)cc4)nc32)CC1. The topological polar surface area (TPSA) is 91.8 Å². The standard InChI is InChI=1S/C21H23ClN4O4S/c1-2-30-21(29)26-11-9-25(10-12-26)19(28)15-7-8-16-17(15)23-20(31-16)24-18(27)13-3-5-14(22)6-4-13/h3-6,15H,2,7-12H2,1H3,(H,23,24,27). The van der Waals surface area contributed by atoms with Crippen LogP contribution in [0.2, 0.25) is 5.02 Å². The first-order valence-electron chi connectivity index (χ1n) is 10.2. The second-order valence-corrected chi connectivity index (χ2v) is 8.91. The number of fused-ring (bicyclic) bond motifs is 1.